The smallest absolute Gasteiger partial charge is 0.305 e. The number of carboxylic acids is 1. The lowest BCUT2D eigenvalue weighted by molar-refractivity contribution is -0.137. The molecule has 1 atom stereocenters. The molecule has 0 heterocycles. The number of carboxylic acid groups (broad SMARTS) is 1. The van der Waals surface area contributed by atoms with Crippen molar-refractivity contribution in [2.45, 2.75) is 26.3 Å². The van der Waals surface area contributed by atoms with Crippen LogP contribution in [0.2, 0.25) is 0 Å². The molecule has 0 radical (unpaired) electrons. The lowest BCUT2D eigenvalue weighted by Crippen LogP contribution is -2.30. The zero-order chi connectivity index (χ0) is 19.3. The summed E-state index contributed by atoms with van der Waals surface area (Å²) in [7, 11) is 3.04. The quantitative estimate of drug-likeness (QED) is 0.794. The summed E-state index contributed by atoms with van der Waals surface area (Å²) in [6.45, 7) is 3.72. The van der Waals surface area contributed by atoms with Crippen LogP contribution in [0, 0.1) is 13.8 Å². The third kappa shape index (κ3) is 4.33. The number of aliphatic carboxylic acids is 1. The zero-order valence-corrected chi connectivity index (χ0v) is 15.3. The van der Waals surface area contributed by atoms with Crippen LogP contribution in [-0.4, -0.2) is 31.2 Å². The van der Waals surface area contributed by atoms with E-state index in [2.05, 4.69) is 5.32 Å². The molecule has 26 heavy (non-hydrogen) atoms. The molecule has 0 spiro atoms. The van der Waals surface area contributed by atoms with Crippen molar-refractivity contribution in [3.63, 3.8) is 0 Å². The molecule has 6 nitrogen and oxygen atoms in total. The zero-order valence-electron chi connectivity index (χ0n) is 15.3. The van der Waals surface area contributed by atoms with Crippen molar-refractivity contribution in [1.82, 2.24) is 5.32 Å². The molecule has 0 aliphatic rings. The number of carbonyl (C=O) groups is 2. The number of nitrogens with one attached hydrogen (secondary N) is 1. The topological polar surface area (TPSA) is 84.9 Å². The third-order valence-corrected chi connectivity index (χ3v) is 4.26. The van der Waals surface area contributed by atoms with E-state index in [0.29, 0.717) is 17.1 Å². The van der Waals surface area contributed by atoms with Crippen molar-refractivity contribution in [2.24, 2.45) is 0 Å². The number of hydrogen-bond donors (Lipinski definition) is 2. The Hall–Kier alpha value is -3.02. The van der Waals surface area contributed by atoms with Crippen molar-refractivity contribution in [3.05, 3.63) is 58.7 Å². The molecule has 138 valence electrons. The predicted molar refractivity (Wildman–Crippen MR) is 97.9 cm³/mol. The molecule has 0 fully saturated rings. The first-order valence-corrected chi connectivity index (χ1v) is 8.18. The number of amides is 1. The largest absolute Gasteiger partial charge is 0.496 e. The molecule has 2 N–H and O–H groups in total. The van der Waals surface area contributed by atoms with Gasteiger partial charge in [0.05, 0.1) is 26.7 Å². The summed E-state index contributed by atoms with van der Waals surface area (Å²) < 4.78 is 10.6. The van der Waals surface area contributed by atoms with Gasteiger partial charge in [-0.3, -0.25) is 9.59 Å². The minimum absolute atomic E-state index is 0.212. The summed E-state index contributed by atoms with van der Waals surface area (Å²) in [4.78, 5) is 24.0. The number of aryl methyl sites for hydroxylation is 1. The van der Waals surface area contributed by atoms with E-state index in [4.69, 9.17) is 9.47 Å². The highest BCUT2D eigenvalue weighted by atomic mass is 16.5. The summed E-state index contributed by atoms with van der Waals surface area (Å²) >= 11 is 0. The molecule has 2 rings (SSSR count). The van der Waals surface area contributed by atoms with Gasteiger partial charge in [-0.1, -0.05) is 24.3 Å². The molecule has 0 bridgehead atoms. The van der Waals surface area contributed by atoms with Crippen molar-refractivity contribution in [1.29, 1.82) is 0 Å². The van der Waals surface area contributed by atoms with E-state index in [-0.39, 0.29) is 6.42 Å². The van der Waals surface area contributed by atoms with Gasteiger partial charge in [-0.2, -0.15) is 0 Å². The van der Waals surface area contributed by atoms with Gasteiger partial charge in [0.15, 0.2) is 0 Å². The molecular weight excluding hydrogens is 334 g/mol. The van der Waals surface area contributed by atoms with E-state index < -0.39 is 17.9 Å². The fourth-order valence-electron chi connectivity index (χ4n) is 2.85. The first kappa shape index (κ1) is 19.3. The molecule has 0 aliphatic carbocycles. The Morgan fingerprint density at radius 3 is 2.15 bits per heavy atom. The van der Waals surface area contributed by atoms with Gasteiger partial charge < -0.3 is 19.9 Å². The highest BCUT2D eigenvalue weighted by Crippen LogP contribution is 2.30. The van der Waals surface area contributed by atoms with Crippen LogP contribution in [0.3, 0.4) is 0 Å². The van der Waals surface area contributed by atoms with Gasteiger partial charge in [0.25, 0.3) is 5.91 Å². The molecule has 0 aromatic heterocycles. The van der Waals surface area contributed by atoms with Gasteiger partial charge in [0.1, 0.15) is 11.5 Å². The number of methoxy groups -OCH3 is 2. The van der Waals surface area contributed by atoms with Gasteiger partial charge in [0.2, 0.25) is 0 Å². The number of benzene rings is 2. The van der Waals surface area contributed by atoms with Crippen LogP contribution in [0.15, 0.2) is 36.4 Å². The molecular formula is C20H23NO5. The Labute approximate surface area is 152 Å². The van der Waals surface area contributed by atoms with Gasteiger partial charge in [-0.15, -0.1) is 0 Å². The van der Waals surface area contributed by atoms with Crippen LogP contribution in [0.4, 0.5) is 0 Å². The van der Waals surface area contributed by atoms with E-state index in [1.54, 1.807) is 12.1 Å². The summed E-state index contributed by atoms with van der Waals surface area (Å²) in [5, 5.41) is 12.0. The van der Waals surface area contributed by atoms with E-state index in [0.717, 1.165) is 16.7 Å². The molecule has 6 heteroatoms. The average molecular weight is 357 g/mol. The monoisotopic (exact) mass is 357 g/mol. The van der Waals surface area contributed by atoms with E-state index >= 15 is 0 Å². The Kier molecular flexibility index (Phi) is 6.22. The van der Waals surface area contributed by atoms with Gasteiger partial charge in [0, 0.05) is 11.1 Å². The fourth-order valence-corrected chi connectivity index (χ4v) is 2.85. The van der Waals surface area contributed by atoms with Crippen LogP contribution >= 0.6 is 0 Å². The summed E-state index contributed by atoms with van der Waals surface area (Å²) in [6, 6.07) is 9.98. The number of ether oxygens (including phenoxy) is 2. The summed E-state index contributed by atoms with van der Waals surface area (Å²) in [5.41, 5.74) is 2.81. The van der Waals surface area contributed by atoms with E-state index in [1.165, 1.54) is 14.2 Å². The summed E-state index contributed by atoms with van der Waals surface area (Å²) in [5.74, 6) is -0.325. The number of carbonyl (C=O) groups excluding carboxylic acids is 1. The van der Waals surface area contributed by atoms with Crippen molar-refractivity contribution in [3.8, 4) is 11.5 Å². The van der Waals surface area contributed by atoms with Crippen molar-refractivity contribution in [2.75, 3.05) is 14.2 Å². The maximum atomic E-state index is 12.8. The number of hydrogen-bond acceptors (Lipinski definition) is 4. The van der Waals surface area contributed by atoms with Crippen LogP contribution in [0.1, 0.15) is 39.5 Å². The van der Waals surface area contributed by atoms with E-state index in [9.17, 15) is 14.7 Å². The van der Waals surface area contributed by atoms with Crippen LogP contribution in [0.5, 0.6) is 11.5 Å². The Morgan fingerprint density at radius 2 is 1.65 bits per heavy atom. The van der Waals surface area contributed by atoms with Gasteiger partial charge in [-0.25, -0.2) is 0 Å². The minimum Gasteiger partial charge on any atom is -0.496 e. The molecule has 1 unspecified atom stereocenters. The molecule has 0 aliphatic heterocycles. The molecule has 2 aromatic rings. The van der Waals surface area contributed by atoms with Gasteiger partial charge in [-0.05, 0) is 37.1 Å². The lowest BCUT2D eigenvalue weighted by atomic mass is 9.98. The second-order valence-corrected chi connectivity index (χ2v) is 5.99. The molecule has 0 saturated carbocycles. The Morgan fingerprint density at radius 1 is 1.08 bits per heavy atom. The van der Waals surface area contributed by atoms with Gasteiger partial charge >= 0.3 is 5.97 Å². The Bertz CT molecular complexity index is 791. The lowest BCUT2D eigenvalue weighted by Gasteiger charge is -2.20. The van der Waals surface area contributed by atoms with Crippen LogP contribution in [0.25, 0.3) is 0 Å². The normalized spacial score (nSPS) is 11.5. The Balaban J connectivity index is 2.35. The maximum absolute atomic E-state index is 12.8. The maximum Gasteiger partial charge on any atom is 0.305 e. The third-order valence-electron chi connectivity index (χ3n) is 4.26. The highest BCUT2D eigenvalue weighted by Gasteiger charge is 2.21. The summed E-state index contributed by atoms with van der Waals surface area (Å²) in [6.07, 6.45) is -0.212. The number of rotatable bonds is 7. The second kappa shape index (κ2) is 8.38. The van der Waals surface area contributed by atoms with Crippen LogP contribution < -0.4 is 14.8 Å². The molecule has 2 aromatic carbocycles. The van der Waals surface area contributed by atoms with Crippen LogP contribution in [-0.2, 0) is 4.79 Å². The fraction of sp³-hybridized carbons (Fsp3) is 0.300. The minimum atomic E-state index is -0.988. The van der Waals surface area contributed by atoms with Crippen molar-refractivity contribution < 1.29 is 24.2 Å². The molecule has 0 saturated heterocycles. The second-order valence-electron chi connectivity index (χ2n) is 5.99. The van der Waals surface area contributed by atoms with Crippen molar-refractivity contribution >= 4 is 11.9 Å². The van der Waals surface area contributed by atoms with E-state index in [1.807, 2.05) is 38.1 Å². The average Bonchev–Trinajstić information content (AvgIpc) is 2.61. The first-order valence-electron chi connectivity index (χ1n) is 8.18. The highest BCUT2D eigenvalue weighted by molar-refractivity contribution is 5.95. The molecule has 1 amide bonds. The first-order chi connectivity index (χ1) is 12.4. The SMILES string of the molecule is COc1cc(C(=O)NC(CC(=O)O)c2ccccc2C)cc(OC)c1C. The predicted octanol–water partition coefficient (Wildman–Crippen LogP) is 3.27. The standard InChI is InChI=1S/C20H23NO5/c1-12-7-5-6-8-15(12)16(11-19(22)23)21-20(24)14-9-17(25-3)13(2)18(10-14)26-4/h5-10,16H,11H2,1-4H3,(H,21,24)(H,22,23).